The fourth-order valence-corrected chi connectivity index (χ4v) is 2.55. The van der Waals surface area contributed by atoms with E-state index in [1.54, 1.807) is 6.07 Å². The Kier molecular flexibility index (Phi) is 3.90. The monoisotopic (exact) mass is 277 g/mol. The van der Waals surface area contributed by atoms with Gasteiger partial charge in [-0.2, -0.15) is 0 Å². The number of rotatable bonds is 2. The molecule has 1 aromatic rings. The van der Waals surface area contributed by atoms with E-state index in [0.717, 1.165) is 25.3 Å². The molecule has 2 N–H and O–H groups in total. The van der Waals surface area contributed by atoms with E-state index in [2.05, 4.69) is 30.7 Å². The standard InChI is InChI=1S/C15H23N3O2/c1-15(2)10-18(8-7-17(15)3)13-6-5-11(16)9-12(13)14(19)20-4/h5-6,9H,7-8,10,16H2,1-4H3. The van der Waals surface area contributed by atoms with E-state index in [-0.39, 0.29) is 11.5 Å². The molecule has 0 spiro atoms. The summed E-state index contributed by atoms with van der Waals surface area (Å²) in [6, 6.07) is 5.42. The average Bonchev–Trinajstić information content (AvgIpc) is 2.41. The Labute approximate surface area is 120 Å². The van der Waals surface area contributed by atoms with Crippen molar-refractivity contribution < 1.29 is 9.53 Å². The maximum Gasteiger partial charge on any atom is 0.340 e. The SMILES string of the molecule is COC(=O)c1cc(N)ccc1N1CCN(C)C(C)(C)C1. The molecule has 0 atom stereocenters. The third kappa shape index (κ3) is 2.72. The molecule has 110 valence electrons. The van der Waals surface area contributed by atoms with Gasteiger partial charge in [-0.05, 0) is 39.1 Å². The zero-order chi connectivity index (χ0) is 14.9. The Bertz CT molecular complexity index is 514. The highest BCUT2D eigenvalue weighted by Gasteiger charge is 2.32. The highest BCUT2D eigenvalue weighted by Crippen LogP contribution is 2.29. The number of nitrogen functional groups attached to an aromatic ring is 1. The average molecular weight is 277 g/mol. The second-order valence-corrected chi connectivity index (χ2v) is 5.92. The number of methoxy groups -OCH3 is 1. The quantitative estimate of drug-likeness (QED) is 0.657. The van der Waals surface area contributed by atoms with Crippen LogP contribution in [0.2, 0.25) is 0 Å². The second-order valence-electron chi connectivity index (χ2n) is 5.92. The zero-order valence-electron chi connectivity index (χ0n) is 12.6. The summed E-state index contributed by atoms with van der Waals surface area (Å²) >= 11 is 0. The van der Waals surface area contributed by atoms with Crippen molar-refractivity contribution in [2.24, 2.45) is 0 Å². The van der Waals surface area contributed by atoms with Crippen molar-refractivity contribution in [2.75, 3.05) is 44.4 Å². The minimum atomic E-state index is -0.343. The van der Waals surface area contributed by atoms with Crippen molar-refractivity contribution in [3.63, 3.8) is 0 Å². The van der Waals surface area contributed by atoms with Gasteiger partial charge in [-0.15, -0.1) is 0 Å². The summed E-state index contributed by atoms with van der Waals surface area (Å²) in [7, 11) is 3.52. The molecule has 0 aromatic heterocycles. The van der Waals surface area contributed by atoms with Gasteiger partial charge < -0.3 is 15.4 Å². The van der Waals surface area contributed by atoms with E-state index in [4.69, 9.17) is 10.5 Å². The van der Waals surface area contributed by atoms with E-state index >= 15 is 0 Å². The van der Waals surface area contributed by atoms with Gasteiger partial charge in [0.2, 0.25) is 0 Å². The van der Waals surface area contributed by atoms with E-state index < -0.39 is 0 Å². The molecule has 0 unspecified atom stereocenters. The number of anilines is 2. The van der Waals surface area contributed by atoms with Crippen LogP contribution >= 0.6 is 0 Å². The highest BCUT2D eigenvalue weighted by atomic mass is 16.5. The Morgan fingerprint density at radius 1 is 1.35 bits per heavy atom. The van der Waals surface area contributed by atoms with E-state index in [1.807, 2.05) is 12.1 Å². The molecule has 0 saturated carbocycles. The summed E-state index contributed by atoms with van der Waals surface area (Å²) in [5.41, 5.74) is 7.86. The number of likely N-dealkylation sites (N-methyl/N-ethyl adjacent to an activating group) is 1. The predicted octanol–water partition coefficient (Wildman–Crippen LogP) is 1.59. The van der Waals surface area contributed by atoms with Crippen LogP contribution in [0.1, 0.15) is 24.2 Å². The fourth-order valence-electron chi connectivity index (χ4n) is 2.55. The molecule has 1 saturated heterocycles. The normalized spacial score (nSPS) is 18.9. The van der Waals surface area contributed by atoms with Crippen LogP contribution in [-0.2, 0) is 4.74 Å². The largest absolute Gasteiger partial charge is 0.465 e. The van der Waals surface area contributed by atoms with Crippen LogP contribution in [-0.4, -0.2) is 50.2 Å². The first-order chi connectivity index (χ1) is 9.35. The minimum Gasteiger partial charge on any atom is -0.465 e. The van der Waals surface area contributed by atoms with Gasteiger partial charge in [0.25, 0.3) is 0 Å². The number of benzene rings is 1. The van der Waals surface area contributed by atoms with Crippen LogP contribution in [0.3, 0.4) is 0 Å². The van der Waals surface area contributed by atoms with Gasteiger partial charge in [-0.1, -0.05) is 0 Å². The molecule has 1 heterocycles. The van der Waals surface area contributed by atoms with Gasteiger partial charge in [-0.3, -0.25) is 4.90 Å². The van der Waals surface area contributed by atoms with E-state index in [9.17, 15) is 4.79 Å². The Hall–Kier alpha value is -1.75. The Morgan fingerprint density at radius 2 is 2.05 bits per heavy atom. The van der Waals surface area contributed by atoms with Gasteiger partial charge in [0, 0.05) is 30.9 Å². The number of hydrogen-bond acceptors (Lipinski definition) is 5. The van der Waals surface area contributed by atoms with Gasteiger partial charge >= 0.3 is 5.97 Å². The molecule has 20 heavy (non-hydrogen) atoms. The van der Waals surface area contributed by atoms with Crippen molar-refractivity contribution in [1.82, 2.24) is 4.90 Å². The number of nitrogens with zero attached hydrogens (tertiary/aromatic N) is 2. The smallest absolute Gasteiger partial charge is 0.340 e. The maximum absolute atomic E-state index is 11.9. The van der Waals surface area contributed by atoms with Crippen LogP contribution in [0.15, 0.2) is 18.2 Å². The molecular weight excluding hydrogens is 254 g/mol. The number of ether oxygens (including phenoxy) is 1. The summed E-state index contributed by atoms with van der Waals surface area (Å²) in [5, 5.41) is 0. The molecule has 0 bridgehead atoms. The van der Waals surface area contributed by atoms with Crippen molar-refractivity contribution in [1.29, 1.82) is 0 Å². The van der Waals surface area contributed by atoms with Crippen molar-refractivity contribution in [3.8, 4) is 0 Å². The molecule has 5 nitrogen and oxygen atoms in total. The molecule has 0 amide bonds. The molecule has 1 aliphatic rings. The van der Waals surface area contributed by atoms with Gasteiger partial charge in [0.05, 0.1) is 18.4 Å². The molecule has 1 aromatic carbocycles. The number of carbonyl (C=O) groups is 1. The van der Waals surface area contributed by atoms with Gasteiger partial charge in [0.15, 0.2) is 0 Å². The van der Waals surface area contributed by atoms with Crippen LogP contribution in [0.25, 0.3) is 0 Å². The summed E-state index contributed by atoms with van der Waals surface area (Å²) in [6.45, 7) is 7.10. The molecule has 1 fully saturated rings. The van der Waals surface area contributed by atoms with Crippen LogP contribution in [0.4, 0.5) is 11.4 Å². The highest BCUT2D eigenvalue weighted by molar-refractivity contribution is 5.97. The first-order valence-corrected chi connectivity index (χ1v) is 6.79. The molecular formula is C15H23N3O2. The Balaban J connectivity index is 2.35. The number of piperazine rings is 1. The number of esters is 1. The lowest BCUT2D eigenvalue weighted by molar-refractivity contribution is 0.0600. The fraction of sp³-hybridized carbons (Fsp3) is 0.533. The van der Waals surface area contributed by atoms with Gasteiger partial charge in [0.1, 0.15) is 0 Å². The van der Waals surface area contributed by atoms with Crippen LogP contribution in [0, 0.1) is 0 Å². The summed E-state index contributed by atoms with van der Waals surface area (Å²) in [6.07, 6.45) is 0. The van der Waals surface area contributed by atoms with E-state index in [1.165, 1.54) is 7.11 Å². The van der Waals surface area contributed by atoms with E-state index in [0.29, 0.717) is 11.3 Å². The summed E-state index contributed by atoms with van der Waals surface area (Å²) in [4.78, 5) is 16.5. The molecule has 5 heteroatoms. The lowest BCUT2D eigenvalue weighted by Gasteiger charge is -2.46. The van der Waals surface area contributed by atoms with Crippen molar-refractivity contribution >= 4 is 17.3 Å². The summed E-state index contributed by atoms with van der Waals surface area (Å²) in [5.74, 6) is -0.343. The van der Waals surface area contributed by atoms with Gasteiger partial charge in [-0.25, -0.2) is 4.79 Å². The molecule has 1 aliphatic heterocycles. The first kappa shape index (κ1) is 14.7. The predicted molar refractivity (Wildman–Crippen MR) is 81.1 cm³/mol. The molecule has 0 aliphatic carbocycles. The first-order valence-electron chi connectivity index (χ1n) is 6.79. The topological polar surface area (TPSA) is 58.8 Å². The van der Waals surface area contributed by atoms with Crippen LogP contribution in [0.5, 0.6) is 0 Å². The lowest BCUT2D eigenvalue weighted by Crippen LogP contribution is -2.58. The van der Waals surface area contributed by atoms with Crippen molar-refractivity contribution in [2.45, 2.75) is 19.4 Å². The van der Waals surface area contributed by atoms with Crippen molar-refractivity contribution in [3.05, 3.63) is 23.8 Å². The minimum absolute atomic E-state index is 0.0625. The van der Waals surface area contributed by atoms with Crippen LogP contribution < -0.4 is 10.6 Å². The third-order valence-corrected chi connectivity index (χ3v) is 4.08. The second kappa shape index (κ2) is 5.32. The maximum atomic E-state index is 11.9. The molecule has 2 rings (SSSR count). The summed E-state index contributed by atoms with van der Waals surface area (Å²) < 4.78 is 4.86. The number of carbonyl (C=O) groups excluding carboxylic acids is 1. The molecule has 0 radical (unpaired) electrons. The Morgan fingerprint density at radius 3 is 2.65 bits per heavy atom. The number of hydrogen-bond donors (Lipinski definition) is 1. The lowest BCUT2D eigenvalue weighted by atomic mass is 9.98. The number of nitrogens with two attached hydrogens (primary N) is 1. The zero-order valence-corrected chi connectivity index (χ0v) is 12.6. The third-order valence-electron chi connectivity index (χ3n) is 4.08.